The lowest BCUT2D eigenvalue weighted by molar-refractivity contribution is -0.359. The van der Waals surface area contributed by atoms with E-state index in [-0.39, 0.29) is 18.9 Å². The quantitative estimate of drug-likeness (QED) is 0.0205. The summed E-state index contributed by atoms with van der Waals surface area (Å²) in [6, 6.07) is -0.931. The van der Waals surface area contributed by atoms with E-state index in [9.17, 15) is 45.6 Å². The lowest BCUT2D eigenvalue weighted by Crippen LogP contribution is -2.65. The molecule has 0 bridgehead atoms. The molecule has 71 heavy (non-hydrogen) atoms. The van der Waals surface area contributed by atoms with E-state index in [4.69, 9.17) is 18.9 Å². The van der Waals surface area contributed by atoms with E-state index in [1.54, 1.807) is 6.08 Å². The van der Waals surface area contributed by atoms with E-state index < -0.39 is 86.8 Å². The summed E-state index contributed by atoms with van der Waals surface area (Å²) in [4.78, 5) is 12.9. The second kappa shape index (κ2) is 43.4. The Morgan fingerprint density at radius 1 is 0.493 bits per heavy atom. The minimum absolute atomic E-state index is 0.261. The highest BCUT2D eigenvalue weighted by Crippen LogP contribution is 2.30. The van der Waals surface area contributed by atoms with Crippen LogP contribution in [0.5, 0.6) is 0 Å². The molecule has 0 spiro atoms. The molecule has 0 aromatic heterocycles. The van der Waals surface area contributed by atoms with Gasteiger partial charge in [-0.25, -0.2) is 0 Å². The molecule has 14 heteroatoms. The number of carbonyl (C=O) groups is 1. The number of nitrogens with one attached hydrogen (secondary N) is 1. The predicted molar refractivity (Wildman–Crippen MR) is 281 cm³/mol. The average molecular weight is 1010 g/mol. The highest BCUT2D eigenvalue weighted by molar-refractivity contribution is 5.76. The van der Waals surface area contributed by atoms with Gasteiger partial charge < -0.3 is 65.1 Å². The van der Waals surface area contributed by atoms with Crippen LogP contribution in [0, 0.1) is 0 Å². The third-order valence-corrected chi connectivity index (χ3v) is 14.1. The van der Waals surface area contributed by atoms with Crippen molar-refractivity contribution in [2.45, 2.75) is 299 Å². The van der Waals surface area contributed by atoms with Crippen LogP contribution in [0.2, 0.25) is 0 Å². The van der Waals surface area contributed by atoms with Crippen LogP contribution in [0.3, 0.4) is 0 Å². The van der Waals surface area contributed by atoms with E-state index in [0.29, 0.717) is 12.8 Å². The Hall–Kier alpha value is -1.79. The van der Waals surface area contributed by atoms with Crippen LogP contribution in [-0.2, 0) is 23.7 Å². The van der Waals surface area contributed by atoms with E-state index in [2.05, 4.69) is 43.5 Å². The zero-order valence-corrected chi connectivity index (χ0v) is 44.5. The molecule has 2 fully saturated rings. The highest BCUT2D eigenvalue weighted by Gasteiger charge is 2.51. The first kappa shape index (κ1) is 65.3. The Morgan fingerprint density at radius 2 is 0.901 bits per heavy atom. The lowest BCUT2D eigenvalue weighted by Gasteiger charge is -2.46. The van der Waals surface area contributed by atoms with Gasteiger partial charge in [0.25, 0.3) is 0 Å². The van der Waals surface area contributed by atoms with E-state index in [0.717, 1.165) is 44.9 Å². The average Bonchev–Trinajstić information content (AvgIpc) is 3.37. The number of aliphatic hydroxyl groups is 8. The molecule has 0 aromatic carbocycles. The second-order valence-electron chi connectivity index (χ2n) is 20.4. The number of aliphatic hydroxyl groups excluding tert-OH is 8. The Bertz CT molecular complexity index is 1330. The molecule has 2 aliphatic rings. The molecule has 0 saturated carbocycles. The molecule has 2 saturated heterocycles. The van der Waals surface area contributed by atoms with Crippen LogP contribution in [0.4, 0.5) is 0 Å². The van der Waals surface area contributed by atoms with Gasteiger partial charge in [0.15, 0.2) is 12.6 Å². The number of allylic oxidation sites excluding steroid dienone is 5. The largest absolute Gasteiger partial charge is 0.394 e. The van der Waals surface area contributed by atoms with Gasteiger partial charge in [0, 0.05) is 6.42 Å². The smallest absolute Gasteiger partial charge is 0.220 e. The van der Waals surface area contributed by atoms with Crippen molar-refractivity contribution in [1.82, 2.24) is 5.32 Å². The molecule has 0 aliphatic carbocycles. The first-order chi connectivity index (χ1) is 34.6. The number of carbonyl (C=O) groups excluding carboxylic acids is 1. The summed E-state index contributed by atoms with van der Waals surface area (Å²) in [5, 5.41) is 86.3. The van der Waals surface area contributed by atoms with Crippen molar-refractivity contribution >= 4 is 5.91 Å². The molecule has 9 N–H and O–H groups in total. The Kier molecular flexibility index (Phi) is 40.0. The standard InChI is InChI=1S/C57H105NO13/c1-3-5-7-9-10-11-12-13-14-15-16-17-18-19-20-21-22-23-24-25-26-27-28-29-30-31-32-33-34-35-36-37-38-40-46(61)45(58-49(62)41-39-8-6-4-2)44-68-56-54(67)52(65)55(48(43-60)70-56)71-57-53(66)51(64)50(63)47(42-59)69-57/h30-31,34-35,38,40,45-48,50-57,59-61,63-67H,3-29,32-33,36-37,39,41-44H2,1-2H3,(H,58,62)/b31-30+,35-34+,40-38+. The molecule has 14 nitrogen and oxygen atoms in total. The van der Waals surface area contributed by atoms with Crippen LogP contribution in [0.15, 0.2) is 36.5 Å². The molecule has 416 valence electrons. The molecule has 12 atom stereocenters. The van der Waals surface area contributed by atoms with E-state index >= 15 is 0 Å². The first-order valence-corrected chi connectivity index (χ1v) is 28.7. The molecule has 12 unspecified atom stereocenters. The van der Waals surface area contributed by atoms with Crippen LogP contribution >= 0.6 is 0 Å². The monoisotopic (exact) mass is 1010 g/mol. The van der Waals surface area contributed by atoms with Crippen LogP contribution < -0.4 is 5.32 Å². The van der Waals surface area contributed by atoms with Gasteiger partial charge in [0.05, 0.1) is 32.0 Å². The van der Waals surface area contributed by atoms with Gasteiger partial charge in [-0.05, 0) is 44.9 Å². The molecule has 2 heterocycles. The lowest BCUT2D eigenvalue weighted by atomic mass is 9.97. The van der Waals surface area contributed by atoms with Gasteiger partial charge in [-0.15, -0.1) is 0 Å². The van der Waals surface area contributed by atoms with Crippen molar-refractivity contribution in [1.29, 1.82) is 0 Å². The zero-order chi connectivity index (χ0) is 51.7. The van der Waals surface area contributed by atoms with Gasteiger partial charge >= 0.3 is 0 Å². The van der Waals surface area contributed by atoms with Crippen molar-refractivity contribution in [3.8, 4) is 0 Å². The number of unbranched alkanes of at least 4 members (excludes halogenated alkanes) is 28. The summed E-state index contributed by atoms with van der Waals surface area (Å²) < 4.78 is 22.5. The SMILES string of the molecule is CCCCCCCCCCCCCCCCCCCCCCCCC/C=C/CC/C=C/CC/C=C/C(O)C(COC1OC(CO)C(OC2OC(CO)C(O)C(O)C2O)C(O)C1O)NC(=O)CCCCCC. The third kappa shape index (κ3) is 29.8. The summed E-state index contributed by atoms with van der Waals surface area (Å²) in [7, 11) is 0. The summed E-state index contributed by atoms with van der Waals surface area (Å²) in [5.74, 6) is -0.272. The van der Waals surface area contributed by atoms with Gasteiger partial charge in [-0.2, -0.15) is 0 Å². The van der Waals surface area contributed by atoms with Crippen LogP contribution in [0.25, 0.3) is 0 Å². The fourth-order valence-corrected chi connectivity index (χ4v) is 9.38. The van der Waals surface area contributed by atoms with Crippen LogP contribution in [0.1, 0.15) is 226 Å². The van der Waals surface area contributed by atoms with Crippen molar-refractivity contribution in [2.75, 3.05) is 19.8 Å². The fourth-order valence-electron chi connectivity index (χ4n) is 9.38. The van der Waals surface area contributed by atoms with Crippen molar-refractivity contribution in [2.24, 2.45) is 0 Å². The molecular formula is C57H105NO13. The number of hydrogen-bond donors (Lipinski definition) is 9. The minimum atomic E-state index is -1.79. The molecular weight excluding hydrogens is 907 g/mol. The molecule has 0 aromatic rings. The maximum absolute atomic E-state index is 12.9. The molecule has 1 amide bonds. The van der Waals surface area contributed by atoms with Gasteiger partial charge in [-0.1, -0.05) is 211 Å². The summed E-state index contributed by atoms with van der Waals surface area (Å²) >= 11 is 0. The fraction of sp³-hybridized carbons (Fsp3) is 0.877. The summed E-state index contributed by atoms with van der Waals surface area (Å²) in [5.41, 5.74) is 0. The summed E-state index contributed by atoms with van der Waals surface area (Å²) in [6.45, 7) is 2.63. The number of ether oxygens (including phenoxy) is 4. The first-order valence-electron chi connectivity index (χ1n) is 28.7. The van der Waals surface area contributed by atoms with Gasteiger partial charge in [0.1, 0.15) is 48.8 Å². The van der Waals surface area contributed by atoms with E-state index in [1.165, 1.54) is 148 Å². The van der Waals surface area contributed by atoms with Crippen molar-refractivity contribution < 1.29 is 64.6 Å². The maximum Gasteiger partial charge on any atom is 0.220 e. The van der Waals surface area contributed by atoms with Crippen molar-refractivity contribution in [3.05, 3.63) is 36.5 Å². The summed E-state index contributed by atoms with van der Waals surface area (Å²) in [6.07, 6.45) is 36.0. The topological polar surface area (TPSA) is 228 Å². The number of hydrogen-bond acceptors (Lipinski definition) is 13. The maximum atomic E-state index is 12.9. The zero-order valence-electron chi connectivity index (χ0n) is 44.5. The van der Waals surface area contributed by atoms with Crippen LogP contribution in [-0.4, -0.2) is 140 Å². The molecule has 0 radical (unpaired) electrons. The molecule has 2 aliphatic heterocycles. The van der Waals surface area contributed by atoms with Crippen molar-refractivity contribution in [3.63, 3.8) is 0 Å². The highest BCUT2D eigenvalue weighted by atomic mass is 16.7. The Morgan fingerprint density at radius 3 is 1.38 bits per heavy atom. The Labute approximate surface area is 430 Å². The predicted octanol–water partition coefficient (Wildman–Crippen LogP) is 9.05. The van der Waals surface area contributed by atoms with Gasteiger partial charge in [0.2, 0.25) is 5.91 Å². The second-order valence-corrected chi connectivity index (χ2v) is 20.4. The van der Waals surface area contributed by atoms with Gasteiger partial charge in [-0.3, -0.25) is 4.79 Å². The minimum Gasteiger partial charge on any atom is -0.394 e. The molecule has 2 rings (SSSR count). The van der Waals surface area contributed by atoms with E-state index in [1.807, 2.05) is 6.08 Å². The number of rotatable bonds is 45. The third-order valence-electron chi connectivity index (χ3n) is 14.1. The normalized spacial score (nSPS) is 26.0. The number of amides is 1. The Balaban J connectivity index is 1.59.